The molecule has 0 atom stereocenters. The van der Waals surface area contributed by atoms with Crippen LogP contribution in [0.15, 0.2) is 18.2 Å². The number of rotatable bonds is 5. The normalized spacial score (nSPS) is 13.4. The van der Waals surface area contributed by atoms with E-state index in [9.17, 15) is 4.79 Å². The molecule has 0 saturated heterocycles. The summed E-state index contributed by atoms with van der Waals surface area (Å²) < 4.78 is 0. The molecule has 1 aromatic rings. The van der Waals surface area contributed by atoms with E-state index in [1.165, 1.54) is 42.4 Å². The standard InChI is InChI=1S/C16H20N2O/c17-10-3-6-16(19)18-11-9-13-7-8-14-4-1-2-5-15(14)12-13/h7-8,12H,1-6,9,11H2,(H,18,19). The molecule has 1 aromatic carbocycles. The van der Waals surface area contributed by atoms with E-state index in [4.69, 9.17) is 5.26 Å². The van der Waals surface area contributed by atoms with Gasteiger partial charge in [0, 0.05) is 19.4 Å². The third kappa shape index (κ3) is 4.10. The molecule has 2 rings (SSSR count). The minimum Gasteiger partial charge on any atom is -0.356 e. The second-order valence-electron chi connectivity index (χ2n) is 5.07. The van der Waals surface area contributed by atoms with Crippen molar-refractivity contribution < 1.29 is 4.79 Å². The molecule has 1 N–H and O–H groups in total. The third-order valence-corrected chi connectivity index (χ3v) is 3.61. The number of carbonyl (C=O) groups is 1. The number of nitrogens with zero attached hydrogens (tertiary/aromatic N) is 1. The Labute approximate surface area is 114 Å². The van der Waals surface area contributed by atoms with Gasteiger partial charge in [-0.2, -0.15) is 5.26 Å². The van der Waals surface area contributed by atoms with Crippen LogP contribution >= 0.6 is 0 Å². The van der Waals surface area contributed by atoms with Crippen molar-refractivity contribution >= 4 is 5.91 Å². The number of fused-ring (bicyclic) bond motifs is 1. The maximum absolute atomic E-state index is 11.4. The van der Waals surface area contributed by atoms with Crippen molar-refractivity contribution in [1.29, 1.82) is 5.26 Å². The third-order valence-electron chi connectivity index (χ3n) is 3.61. The Morgan fingerprint density at radius 3 is 2.84 bits per heavy atom. The van der Waals surface area contributed by atoms with Crippen molar-refractivity contribution in [2.24, 2.45) is 0 Å². The molecular formula is C16H20N2O. The monoisotopic (exact) mass is 256 g/mol. The van der Waals surface area contributed by atoms with Crippen molar-refractivity contribution in [1.82, 2.24) is 5.32 Å². The fourth-order valence-corrected chi connectivity index (χ4v) is 2.55. The number of carbonyl (C=O) groups excluding carboxylic acids is 1. The summed E-state index contributed by atoms with van der Waals surface area (Å²) in [5.41, 5.74) is 4.27. The van der Waals surface area contributed by atoms with Crippen LogP contribution in [0, 0.1) is 11.3 Å². The molecule has 0 unspecified atom stereocenters. The van der Waals surface area contributed by atoms with Crippen LogP contribution in [0.5, 0.6) is 0 Å². The highest BCUT2D eigenvalue weighted by Gasteiger charge is 2.09. The van der Waals surface area contributed by atoms with Crippen molar-refractivity contribution in [2.45, 2.75) is 44.9 Å². The second-order valence-corrected chi connectivity index (χ2v) is 5.07. The van der Waals surface area contributed by atoms with Gasteiger partial charge in [-0.15, -0.1) is 0 Å². The van der Waals surface area contributed by atoms with Gasteiger partial charge in [-0.05, 0) is 48.8 Å². The van der Waals surface area contributed by atoms with Gasteiger partial charge in [0.05, 0.1) is 6.07 Å². The van der Waals surface area contributed by atoms with E-state index < -0.39 is 0 Å². The van der Waals surface area contributed by atoms with Gasteiger partial charge in [0.15, 0.2) is 0 Å². The Morgan fingerprint density at radius 1 is 1.26 bits per heavy atom. The molecular weight excluding hydrogens is 236 g/mol. The fraction of sp³-hybridized carbons (Fsp3) is 0.500. The predicted molar refractivity (Wildman–Crippen MR) is 74.6 cm³/mol. The molecule has 0 radical (unpaired) electrons. The van der Waals surface area contributed by atoms with E-state index >= 15 is 0 Å². The van der Waals surface area contributed by atoms with Gasteiger partial charge in [-0.1, -0.05) is 18.2 Å². The van der Waals surface area contributed by atoms with Crippen LogP contribution in [0.3, 0.4) is 0 Å². The molecule has 0 aromatic heterocycles. The summed E-state index contributed by atoms with van der Waals surface area (Å²) in [6.07, 6.45) is 6.47. The van der Waals surface area contributed by atoms with Gasteiger partial charge in [0.1, 0.15) is 0 Å². The molecule has 1 amide bonds. The molecule has 1 aliphatic carbocycles. The summed E-state index contributed by atoms with van der Waals surface area (Å²) >= 11 is 0. The zero-order chi connectivity index (χ0) is 13.5. The summed E-state index contributed by atoms with van der Waals surface area (Å²) in [4.78, 5) is 11.4. The maximum atomic E-state index is 11.4. The van der Waals surface area contributed by atoms with Crippen LogP contribution in [-0.2, 0) is 24.1 Å². The molecule has 0 spiro atoms. The van der Waals surface area contributed by atoms with Crippen LogP contribution < -0.4 is 5.32 Å². The largest absolute Gasteiger partial charge is 0.356 e. The smallest absolute Gasteiger partial charge is 0.221 e. The summed E-state index contributed by atoms with van der Waals surface area (Å²) in [5.74, 6) is -0.0282. The van der Waals surface area contributed by atoms with Crippen molar-refractivity contribution in [2.75, 3.05) is 6.54 Å². The molecule has 1 aliphatic rings. The van der Waals surface area contributed by atoms with Crippen LogP contribution in [-0.4, -0.2) is 12.5 Å². The molecule has 0 fully saturated rings. The molecule has 0 saturated carbocycles. The minimum absolute atomic E-state index is 0.0282. The number of hydrogen-bond acceptors (Lipinski definition) is 2. The zero-order valence-corrected chi connectivity index (χ0v) is 11.2. The van der Waals surface area contributed by atoms with E-state index in [1.807, 2.05) is 6.07 Å². The Bertz CT molecular complexity index is 488. The average molecular weight is 256 g/mol. The molecule has 0 heterocycles. The summed E-state index contributed by atoms with van der Waals surface area (Å²) in [5, 5.41) is 11.3. The lowest BCUT2D eigenvalue weighted by atomic mass is 9.90. The summed E-state index contributed by atoms with van der Waals surface area (Å²) in [7, 11) is 0. The van der Waals surface area contributed by atoms with Gasteiger partial charge < -0.3 is 5.32 Å². The second kappa shape index (κ2) is 6.94. The zero-order valence-electron chi connectivity index (χ0n) is 11.2. The molecule has 19 heavy (non-hydrogen) atoms. The van der Waals surface area contributed by atoms with Gasteiger partial charge in [0.25, 0.3) is 0 Å². The van der Waals surface area contributed by atoms with Crippen LogP contribution in [0.25, 0.3) is 0 Å². The first kappa shape index (κ1) is 13.6. The first-order valence-electron chi connectivity index (χ1n) is 7.04. The number of aryl methyl sites for hydroxylation is 2. The molecule has 0 aliphatic heterocycles. The lowest BCUT2D eigenvalue weighted by Gasteiger charge is -2.16. The summed E-state index contributed by atoms with van der Waals surface area (Å²) in [6, 6.07) is 8.68. The topological polar surface area (TPSA) is 52.9 Å². The highest BCUT2D eigenvalue weighted by Crippen LogP contribution is 2.22. The molecule has 100 valence electrons. The van der Waals surface area contributed by atoms with Crippen molar-refractivity contribution in [3.05, 3.63) is 34.9 Å². The highest BCUT2D eigenvalue weighted by molar-refractivity contribution is 5.76. The van der Waals surface area contributed by atoms with Crippen molar-refractivity contribution in [3.63, 3.8) is 0 Å². The number of amides is 1. The van der Waals surface area contributed by atoms with E-state index in [2.05, 4.69) is 23.5 Å². The number of hydrogen-bond donors (Lipinski definition) is 1. The van der Waals surface area contributed by atoms with E-state index in [0.29, 0.717) is 19.4 Å². The Morgan fingerprint density at radius 2 is 2.05 bits per heavy atom. The molecule has 3 heteroatoms. The number of nitrogens with one attached hydrogen (secondary N) is 1. The fourth-order valence-electron chi connectivity index (χ4n) is 2.55. The SMILES string of the molecule is N#CCCC(=O)NCCc1ccc2c(c1)CCCC2. The van der Waals surface area contributed by atoms with E-state index in [1.54, 1.807) is 0 Å². The lowest BCUT2D eigenvalue weighted by molar-refractivity contribution is -0.120. The minimum atomic E-state index is -0.0282. The van der Waals surface area contributed by atoms with Crippen LogP contribution in [0.4, 0.5) is 0 Å². The van der Waals surface area contributed by atoms with Gasteiger partial charge in [0.2, 0.25) is 5.91 Å². The van der Waals surface area contributed by atoms with Crippen molar-refractivity contribution in [3.8, 4) is 6.07 Å². The Kier molecular flexibility index (Phi) is 4.97. The first-order chi connectivity index (χ1) is 9.29. The van der Waals surface area contributed by atoms with Gasteiger partial charge in [-0.3, -0.25) is 4.79 Å². The lowest BCUT2D eigenvalue weighted by Crippen LogP contribution is -2.25. The van der Waals surface area contributed by atoms with E-state index in [0.717, 1.165) is 6.42 Å². The van der Waals surface area contributed by atoms with E-state index in [-0.39, 0.29) is 5.91 Å². The Hall–Kier alpha value is -1.82. The van der Waals surface area contributed by atoms with Crippen LogP contribution in [0.2, 0.25) is 0 Å². The summed E-state index contributed by atoms with van der Waals surface area (Å²) in [6.45, 7) is 0.656. The maximum Gasteiger partial charge on any atom is 0.221 e. The Balaban J connectivity index is 1.80. The average Bonchev–Trinajstić information content (AvgIpc) is 2.45. The molecule has 3 nitrogen and oxygen atoms in total. The highest BCUT2D eigenvalue weighted by atomic mass is 16.1. The van der Waals surface area contributed by atoms with Gasteiger partial charge >= 0.3 is 0 Å². The van der Waals surface area contributed by atoms with Crippen LogP contribution in [0.1, 0.15) is 42.4 Å². The molecule has 0 bridgehead atoms. The number of benzene rings is 1. The first-order valence-corrected chi connectivity index (χ1v) is 7.04. The van der Waals surface area contributed by atoms with Gasteiger partial charge in [-0.25, -0.2) is 0 Å². The predicted octanol–water partition coefficient (Wildman–Crippen LogP) is 2.53. The number of nitriles is 1. The quantitative estimate of drug-likeness (QED) is 0.880.